The molecule has 5 aromatic rings. The summed E-state index contributed by atoms with van der Waals surface area (Å²) in [6.07, 6.45) is -3.10. The molecule has 3 heterocycles. The second-order valence-electron chi connectivity index (χ2n) is 14.4. The van der Waals surface area contributed by atoms with Crippen molar-refractivity contribution in [2.75, 3.05) is 4.72 Å². The van der Waals surface area contributed by atoms with Crippen molar-refractivity contribution in [1.29, 1.82) is 0 Å². The summed E-state index contributed by atoms with van der Waals surface area (Å²) in [4.78, 5) is 18.7. The lowest BCUT2D eigenvalue weighted by atomic mass is 9.73. The van der Waals surface area contributed by atoms with Gasteiger partial charge in [-0.1, -0.05) is 18.1 Å². The van der Waals surface area contributed by atoms with Crippen molar-refractivity contribution in [3.05, 3.63) is 94.1 Å². The van der Waals surface area contributed by atoms with Gasteiger partial charge in [-0.3, -0.25) is 18.9 Å². The molecule has 2 aliphatic rings. The van der Waals surface area contributed by atoms with Crippen molar-refractivity contribution < 1.29 is 44.7 Å². The molecule has 0 bridgehead atoms. The predicted octanol–water partition coefficient (Wildman–Crippen LogP) is 5.48. The van der Waals surface area contributed by atoms with E-state index in [0.717, 1.165) is 12.1 Å². The first-order valence-electron chi connectivity index (χ1n) is 17.2. The molecule has 2 aromatic carbocycles. The second kappa shape index (κ2) is 13.9. The number of alkyl halides is 4. The number of benzene rings is 2. The number of aromatic nitrogens is 5. The van der Waals surface area contributed by atoms with Crippen LogP contribution in [0.25, 0.3) is 22.0 Å². The van der Waals surface area contributed by atoms with Crippen LogP contribution >= 0.6 is 0 Å². The molecule has 0 spiro atoms. The Labute approximate surface area is 316 Å². The monoisotopic (exact) mass is 800 g/mol. The van der Waals surface area contributed by atoms with Crippen molar-refractivity contribution in [3.8, 4) is 23.0 Å². The van der Waals surface area contributed by atoms with Gasteiger partial charge in [0.1, 0.15) is 40.9 Å². The first-order valence-corrected chi connectivity index (χ1v) is 18.8. The van der Waals surface area contributed by atoms with Gasteiger partial charge in [-0.05, 0) is 80.8 Å². The maximum atomic E-state index is 15.6. The van der Waals surface area contributed by atoms with Crippen LogP contribution in [0.3, 0.4) is 0 Å². The molecule has 19 heteroatoms. The highest BCUT2D eigenvalue weighted by Gasteiger charge is 2.62. The van der Waals surface area contributed by atoms with Crippen molar-refractivity contribution in [3.63, 3.8) is 0 Å². The smallest absolute Gasteiger partial charge is 0.297 e. The highest BCUT2D eigenvalue weighted by molar-refractivity contribution is 7.90. The molecule has 0 radical (unpaired) electrons. The molecule has 1 amide bonds. The third kappa shape index (κ3) is 7.43. The van der Waals surface area contributed by atoms with Crippen LogP contribution < -0.4 is 15.2 Å². The van der Waals surface area contributed by atoms with E-state index in [1.54, 1.807) is 24.3 Å². The number of aryl methyl sites for hydroxylation is 1. The third-order valence-corrected chi connectivity index (χ3v) is 10.3. The summed E-state index contributed by atoms with van der Waals surface area (Å²) in [6.45, 7) is 1.96. The molecule has 7 rings (SSSR count). The Morgan fingerprint density at radius 2 is 1.79 bits per heavy atom. The Morgan fingerprint density at radius 3 is 2.41 bits per heavy atom. The van der Waals surface area contributed by atoms with Crippen LogP contribution in [0.4, 0.5) is 32.2 Å². The zero-order valence-electron chi connectivity index (χ0n) is 29.9. The number of pyridine rings is 1. The number of para-hydroxylation sites is 1. The van der Waals surface area contributed by atoms with Gasteiger partial charge in [0, 0.05) is 41.1 Å². The number of amides is 1. The van der Waals surface area contributed by atoms with Crippen molar-refractivity contribution in [1.82, 2.24) is 29.9 Å². The number of hydrogen-bond acceptors (Lipinski definition) is 7. The van der Waals surface area contributed by atoms with E-state index in [2.05, 4.69) is 32.1 Å². The molecule has 294 valence electrons. The van der Waals surface area contributed by atoms with E-state index < -0.39 is 81.5 Å². The average molecular weight is 801 g/mol. The van der Waals surface area contributed by atoms with Crippen LogP contribution in [0.5, 0.6) is 0 Å². The summed E-state index contributed by atoms with van der Waals surface area (Å²) in [5.74, 6) is -3.05. The van der Waals surface area contributed by atoms with Gasteiger partial charge in [-0.25, -0.2) is 27.7 Å². The molecule has 5 N–H and O–H groups in total. The van der Waals surface area contributed by atoms with Gasteiger partial charge < -0.3 is 10.4 Å². The lowest BCUT2D eigenvalue weighted by Crippen LogP contribution is -2.36. The quantitative estimate of drug-likeness (QED) is 0.107. The topological polar surface area (TPSA) is 170 Å². The Kier molecular flexibility index (Phi) is 9.66. The van der Waals surface area contributed by atoms with E-state index >= 15 is 8.78 Å². The molecule has 3 atom stereocenters. The summed E-state index contributed by atoms with van der Waals surface area (Å²) in [5, 5.41) is 26.6. The second-order valence-corrected chi connectivity index (χ2v) is 15.7. The molecule has 2 aliphatic carbocycles. The van der Waals surface area contributed by atoms with Crippen LogP contribution in [0.1, 0.15) is 79.0 Å². The van der Waals surface area contributed by atoms with Gasteiger partial charge in [-0.15, -0.1) is 0 Å². The lowest BCUT2D eigenvalue weighted by Gasteiger charge is -2.34. The number of nitrogens with zero attached hydrogens (tertiary/aromatic N) is 5. The molecule has 12 nitrogen and oxygen atoms in total. The minimum absolute atomic E-state index is 0.0440. The molecule has 0 saturated heterocycles. The minimum atomic E-state index is -4.25. The molecule has 1 saturated carbocycles. The molecule has 56 heavy (non-hydrogen) atoms. The number of nitrogens with two attached hydrogens (primary N) is 1. The first kappa shape index (κ1) is 38.8. The van der Waals surface area contributed by atoms with E-state index in [-0.39, 0.29) is 47.6 Å². The van der Waals surface area contributed by atoms with Gasteiger partial charge in [0.2, 0.25) is 5.91 Å². The van der Waals surface area contributed by atoms with Crippen LogP contribution in [0, 0.1) is 29.4 Å². The Balaban J connectivity index is 1.37. The SMILES string of the molecule is Cn1nc(NS(N)(=O)=O)c2cccc(-c3ccc(C#CC(C)(C)O)nc3[C@H](Cc3cc(F)cc(F)c3)NC(=O)Cn3nc(C(F)F)c4c3C(F)(F)[C@@H]3CC[C@H]43)c21. The fourth-order valence-electron chi connectivity index (χ4n) is 7.52. The zero-order valence-corrected chi connectivity index (χ0v) is 30.7. The summed E-state index contributed by atoms with van der Waals surface area (Å²) in [5.41, 5.74) is -2.03. The highest BCUT2D eigenvalue weighted by atomic mass is 32.2. The third-order valence-electron chi connectivity index (χ3n) is 9.79. The maximum Gasteiger partial charge on any atom is 0.297 e. The minimum Gasteiger partial charge on any atom is -0.378 e. The fourth-order valence-corrected chi connectivity index (χ4v) is 7.94. The van der Waals surface area contributed by atoms with Crippen LogP contribution in [-0.4, -0.2) is 49.6 Å². The average Bonchev–Trinajstić information content (AvgIpc) is 3.63. The van der Waals surface area contributed by atoms with E-state index in [0.29, 0.717) is 32.8 Å². The molecular formula is C37H34F6N8O4S. The summed E-state index contributed by atoms with van der Waals surface area (Å²) < 4.78 is 117. The molecule has 3 aromatic heterocycles. The largest absolute Gasteiger partial charge is 0.378 e. The van der Waals surface area contributed by atoms with Gasteiger partial charge in [0.15, 0.2) is 5.82 Å². The molecule has 0 aliphatic heterocycles. The van der Waals surface area contributed by atoms with Crippen molar-refractivity contribution in [2.24, 2.45) is 18.1 Å². The Hall–Kier alpha value is -5.45. The number of fused-ring (bicyclic) bond motifs is 4. The van der Waals surface area contributed by atoms with E-state index in [4.69, 9.17) is 10.1 Å². The zero-order chi connectivity index (χ0) is 40.5. The standard InChI is InChI=1S/C37H34F6N8O4S/c1-36(2,53)12-11-21-7-8-22(23-5-4-6-25-32(23)50(3)48-35(25)49-56(44,54)55)30(45-21)27(15-18-13-19(38)16-20(39)14-18)46-28(52)17-51-33-29(31(47-51)34(40)41)24-9-10-26(24)37(33,42)43/h4-8,13-14,16,24,26-27,34,53H,9-10,15,17H2,1-3H3,(H,46,52)(H,48,49)(H2,44,54,55)/t24-,26+,27-/m0/s1. The number of carbonyl (C=O) groups excluding carboxylic acids is 1. The number of hydrogen-bond donors (Lipinski definition) is 4. The van der Waals surface area contributed by atoms with Crippen LogP contribution in [0.15, 0.2) is 48.5 Å². The summed E-state index contributed by atoms with van der Waals surface area (Å²) in [6, 6.07) is 9.28. The van der Waals surface area contributed by atoms with Crippen molar-refractivity contribution in [2.45, 2.75) is 69.6 Å². The van der Waals surface area contributed by atoms with E-state index in [9.17, 15) is 35.9 Å². The maximum absolute atomic E-state index is 15.6. The van der Waals surface area contributed by atoms with E-state index in [1.165, 1.54) is 31.6 Å². The first-order chi connectivity index (χ1) is 26.2. The molecule has 1 fully saturated rings. The summed E-state index contributed by atoms with van der Waals surface area (Å²) in [7, 11) is -2.72. The lowest BCUT2D eigenvalue weighted by molar-refractivity contribution is -0.123. The van der Waals surface area contributed by atoms with Crippen molar-refractivity contribution >= 4 is 32.8 Å². The summed E-state index contributed by atoms with van der Waals surface area (Å²) >= 11 is 0. The van der Waals surface area contributed by atoms with Gasteiger partial charge >= 0.3 is 0 Å². The fraction of sp³-hybridized carbons (Fsp3) is 0.351. The number of aliphatic hydroxyl groups is 1. The normalized spacial score (nSPS) is 17.9. The van der Waals surface area contributed by atoms with Gasteiger partial charge in [0.05, 0.1) is 17.3 Å². The predicted molar refractivity (Wildman–Crippen MR) is 191 cm³/mol. The number of halogens is 6. The van der Waals surface area contributed by atoms with Crippen LogP contribution in [-0.2, 0) is 40.9 Å². The molecular weight excluding hydrogens is 767 g/mol. The Morgan fingerprint density at radius 1 is 1.07 bits per heavy atom. The Bertz CT molecular complexity index is 2550. The number of anilines is 1. The van der Waals surface area contributed by atoms with E-state index in [1.807, 2.05) is 0 Å². The van der Waals surface area contributed by atoms with Gasteiger partial charge in [0.25, 0.3) is 22.6 Å². The molecule has 0 unspecified atom stereocenters. The number of carbonyl (C=O) groups is 1. The van der Waals surface area contributed by atoms with Crippen LogP contribution in [0.2, 0.25) is 0 Å². The van der Waals surface area contributed by atoms with Gasteiger partial charge in [-0.2, -0.15) is 27.4 Å². The highest BCUT2D eigenvalue weighted by Crippen LogP contribution is 2.63. The number of nitrogens with one attached hydrogen (secondary N) is 2. The number of rotatable bonds is 10.